The van der Waals surface area contributed by atoms with Crippen LogP contribution in [0.1, 0.15) is 51.3 Å². The summed E-state index contributed by atoms with van der Waals surface area (Å²) < 4.78 is 11.6. The number of likely N-dealkylation sites (tertiary alicyclic amines) is 1. The molecule has 2 fully saturated rings. The molecule has 12 heteroatoms. The quantitative estimate of drug-likeness (QED) is 0.232. The molecule has 0 unspecified atom stereocenters. The van der Waals surface area contributed by atoms with Gasteiger partial charge < -0.3 is 30.7 Å². The molecule has 0 radical (unpaired) electrons. The summed E-state index contributed by atoms with van der Waals surface area (Å²) in [6, 6.07) is 9.66. The van der Waals surface area contributed by atoms with Gasteiger partial charge in [-0.25, -0.2) is 0 Å². The van der Waals surface area contributed by atoms with Gasteiger partial charge in [0.05, 0.1) is 38.0 Å². The number of nitrogen functional groups attached to an aromatic ring is 1. The first-order valence-electron chi connectivity index (χ1n) is 13.7. The third-order valence-corrected chi connectivity index (χ3v) is 8.60. The van der Waals surface area contributed by atoms with E-state index in [4.69, 9.17) is 20.6 Å². The van der Waals surface area contributed by atoms with Crippen molar-refractivity contribution in [1.29, 1.82) is 5.41 Å². The maximum Gasteiger partial charge on any atom is 0.251 e. The zero-order valence-corrected chi connectivity index (χ0v) is 24.5. The molecular weight excluding hydrogens is 556 g/mol. The summed E-state index contributed by atoms with van der Waals surface area (Å²) in [7, 11) is 0. The molecule has 2 atom stereocenters. The summed E-state index contributed by atoms with van der Waals surface area (Å²) in [4.78, 5) is 46.4. The molecule has 2 aromatic heterocycles. The second-order valence-corrected chi connectivity index (χ2v) is 11.6. The van der Waals surface area contributed by atoms with Gasteiger partial charge in [0.1, 0.15) is 11.9 Å². The molecule has 11 nitrogen and oxygen atoms in total. The molecule has 2 aliphatic heterocycles. The van der Waals surface area contributed by atoms with Gasteiger partial charge in [0.15, 0.2) is 5.79 Å². The number of ether oxygens (including phenoxy) is 2. The smallest absolute Gasteiger partial charge is 0.251 e. The van der Waals surface area contributed by atoms with Gasteiger partial charge in [-0.05, 0) is 50.1 Å². The lowest BCUT2D eigenvalue weighted by Gasteiger charge is -2.25. The van der Waals surface area contributed by atoms with Crippen LogP contribution < -0.4 is 16.4 Å². The lowest BCUT2D eigenvalue weighted by atomic mass is 10.0. The van der Waals surface area contributed by atoms with Gasteiger partial charge in [-0.15, -0.1) is 11.3 Å². The second kappa shape index (κ2) is 12.0. The van der Waals surface area contributed by atoms with Crippen molar-refractivity contribution in [2.75, 3.05) is 26.3 Å². The Balaban J connectivity index is 1.23. The lowest BCUT2D eigenvalue weighted by Crippen LogP contribution is -2.49. The molecule has 0 saturated carbocycles. The fourth-order valence-corrected chi connectivity index (χ4v) is 6.22. The number of aromatic nitrogens is 1. The molecule has 5 N–H and O–H groups in total. The summed E-state index contributed by atoms with van der Waals surface area (Å²) >= 11 is 1.39. The molecule has 1 spiro atoms. The third kappa shape index (κ3) is 6.20. The molecule has 2 saturated heterocycles. The Morgan fingerprint density at radius 3 is 2.52 bits per heavy atom. The maximum absolute atomic E-state index is 13.4. The van der Waals surface area contributed by atoms with E-state index in [0.29, 0.717) is 24.3 Å². The minimum absolute atomic E-state index is 0.0440. The van der Waals surface area contributed by atoms with Crippen molar-refractivity contribution < 1.29 is 23.9 Å². The van der Waals surface area contributed by atoms with Crippen LogP contribution in [0.2, 0.25) is 0 Å². The van der Waals surface area contributed by atoms with Crippen LogP contribution in [-0.2, 0) is 19.1 Å². The highest BCUT2D eigenvalue weighted by Crippen LogP contribution is 2.35. The Hall–Kier alpha value is -4.13. The number of nitrogens with two attached hydrogens (primary N) is 1. The maximum atomic E-state index is 13.4. The van der Waals surface area contributed by atoms with Crippen molar-refractivity contribution in [2.45, 2.75) is 45.1 Å². The fourth-order valence-electron chi connectivity index (χ4n) is 5.30. The van der Waals surface area contributed by atoms with E-state index in [0.717, 1.165) is 27.3 Å². The van der Waals surface area contributed by atoms with E-state index in [-0.39, 0.29) is 37.3 Å². The largest absolute Gasteiger partial charge is 0.384 e. The number of carbonyl (C=O) groups is 3. The number of hydrogen-bond acceptors (Lipinski definition) is 8. The summed E-state index contributed by atoms with van der Waals surface area (Å²) in [6.45, 7) is 6.35. The molecule has 3 aromatic rings. The van der Waals surface area contributed by atoms with Crippen LogP contribution in [0.4, 0.5) is 0 Å². The predicted molar refractivity (Wildman–Crippen MR) is 158 cm³/mol. The highest BCUT2D eigenvalue weighted by atomic mass is 32.1. The summed E-state index contributed by atoms with van der Waals surface area (Å²) in [5.41, 5.74) is 10.4. The number of amidine groups is 1. The van der Waals surface area contributed by atoms with Crippen LogP contribution in [-0.4, -0.2) is 71.6 Å². The average molecular weight is 591 g/mol. The first-order valence-corrected chi connectivity index (χ1v) is 14.6. The van der Waals surface area contributed by atoms with Crippen molar-refractivity contribution in [3.8, 4) is 11.3 Å². The Bertz CT molecular complexity index is 1510. The highest BCUT2D eigenvalue weighted by Gasteiger charge is 2.52. The van der Waals surface area contributed by atoms with E-state index < -0.39 is 23.6 Å². The molecular formula is C30H34N6O5S. The topological polar surface area (TPSA) is 160 Å². The number of amides is 3. The van der Waals surface area contributed by atoms with Gasteiger partial charge >= 0.3 is 0 Å². The first-order chi connectivity index (χ1) is 20.0. The Morgan fingerprint density at radius 1 is 1.17 bits per heavy atom. The fraction of sp³-hybridized carbons (Fsp3) is 0.367. The molecule has 2 aliphatic rings. The van der Waals surface area contributed by atoms with E-state index in [2.05, 4.69) is 21.7 Å². The molecule has 5 rings (SSSR count). The predicted octanol–water partition coefficient (Wildman–Crippen LogP) is 2.66. The van der Waals surface area contributed by atoms with Crippen molar-refractivity contribution in [3.05, 3.63) is 75.1 Å². The first kappa shape index (κ1) is 29.4. The SMILES string of the molecule is Cc1cnc(-c2ccc(C(=O)NCC(=O)N3CC4(C[C@H]3C(=O)N[C@H](C)c3cc(C(=N)N)cs3)OCCO4)cc2)c(C)c1. The minimum atomic E-state index is -1.05. The molecule has 4 heterocycles. The minimum Gasteiger partial charge on any atom is -0.384 e. The summed E-state index contributed by atoms with van der Waals surface area (Å²) in [6.07, 6.45) is 1.99. The molecule has 1 aromatic carbocycles. The van der Waals surface area contributed by atoms with Gasteiger partial charge in [0, 0.05) is 39.6 Å². The number of hydrogen-bond donors (Lipinski definition) is 4. The number of rotatable bonds is 8. The monoisotopic (exact) mass is 590 g/mol. The number of nitrogens with zero attached hydrogens (tertiary/aromatic N) is 2. The standard InChI is InChI=1S/C30H34N6O5S/c1-17-10-18(2)26(33-13-17)20-4-6-21(7-5-20)28(38)34-14-25(37)36-16-30(40-8-9-41-30)12-23(36)29(39)35-19(3)24-11-22(15-42-24)27(31)32/h4-7,10-11,13,15,19,23H,8-9,12,14,16H2,1-3H3,(H3,31,32)(H,34,38)(H,35,39)/t19-,23+/m1/s1. The number of pyridine rings is 1. The van der Waals surface area contributed by atoms with Crippen LogP contribution in [0, 0.1) is 19.3 Å². The van der Waals surface area contributed by atoms with Crippen LogP contribution in [0.15, 0.2) is 48.0 Å². The Morgan fingerprint density at radius 2 is 1.88 bits per heavy atom. The average Bonchev–Trinajstić information content (AvgIpc) is 3.72. The van der Waals surface area contributed by atoms with Crippen molar-refractivity contribution in [2.24, 2.45) is 5.73 Å². The van der Waals surface area contributed by atoms with Gasteiger partial charge in [-0.1, -0.05) is 18.2 Å². The number of thiophene rings is 1. The van der Waals surface area contributed by atoms with Gasteiger partial charge in [-0.3, -0.25) is 24.8 Å². The molecule has 220 valence electrons. The Kier molecular flexibility index (Phi) is 8.39. The molecule has 42 heavy (non-hydrogen) atoms. The number of nitrogens with one attached hydrogen (secondary N) is 3. The number of aryl methyl sites for hydroxylation is 2. The normalized spacial score (nSPS) is 18.2. The van der Waals surface area contributed by atoms with E-state index in [1.165, 1.54) is 16.2 Å². The third-order valence-electron chi connectivity index (χ3n) is 7.48. The second-order valence-electron chi connectivity index (χ2n) is 10.7. The van der Waals surface area contributed by atoms with Crippen molar-refractivity contribution in [1.82, 2.24) is 20.5 Å². The van der Waals surface area contributed by atoms with Crippen LogP contribution >= 0.6 is 11.3 Å². The molecule has 0 bridgehead atoms. The van der Waals surface area contributed by atoms with Gasteiger partial charge in [0.2, 0.25) is 11.8 Å². The van der Waals surface area contributed by atoms with Crippen LogP contribution in [0.3, 0.4) is 0 Å². The van der Waals surface area contributed by atoms with E-state index in [1.54, 1.807) is 29.8 Å². The van der Waals surface area contributed by atoms with E-state index in [9.17, 15) is 14.4 Å². The number of benzene rings is 1. The van der Waals surface area contributed by atoms with Gasteiger partial charge in [0.25, 0.3) is 5.91 Å². The molecule has 3 amide bonds. The Labute approximate surface area is 247 Å². The zero-order valence-electron chi connectivity index (χ0n) is 23.7. The van der Waals surface area contributed by atoms with Crippen molar-refractivity contribution in [3.63, 3.8) is 0 Å². The van der Waals surface area contributed by atoms with Crippen molar-refractivity contribution >= 4 is 34.9 Å². The van der Waals surface area contributed by atoms with Gasteiger partial charge in [-0.2, -0.15) is 0 Å². The lowest BCUT2D eigenvalue weighted by molar-refractivity contribution is -0.152. The summed E-state index contributed by atoms with van der Waals surface area (Å²) in [5, 5.41) is 15.0. The van der Waals surface area contributed by atoms with Crippen LogP contribution in [0.5, 0.6) is 0 Å². The van der Waals surface area contributed by atoms with Crippen LogP contribution in [0.25, 0.3) is 11.3 Å². The zero-order chi connectivity index (χ0) is 30.0. The van der Waals surface area contributed by atoms with E-state index in [1.807, 2.05) is 32.9 Å². The number of carbonyl (C=O) groups excluding carboxylic acids is 3. The van der Waals surface area contributed by atoms with E-state index >= 15 is 0 Å². The highest BCUT2D eigenvalue weighted by molar-refractivity contribution is 7.10. The molecule has 0 aliphatic carbocycles. The summed E-state index contributed by atoms with van der Waals surface area (Å²) in [5.74, 6) is -2.27.